The summed E-state index contributed by atoms with van der Waals surface area (Å²) in [7, 11) is 0. The molecule has 0 spiro atoms. The summed E-state index contributed by atoms with van der Waals surface area (Å²) >= 11 is 12.1. The van der Waals surface area contributed by atoms with Gasteiger partial charge in [-0.05, 0) is 23.8 Å². The number of nitro benzene ring substituents is 1. The molecule has 2 aromatic rings. The van der Waals surface area contributed by atoms with Crippen LogP contribution >= 0.6 is 23.2 Å². The molecule has 1 heterocycles. The molecule has 0 atom stereocenters. The molecule has 1 aliphatic heterocycles. The summed E-state index contributed by atoms with van der Waals surface area (Å²) in [4.78, 5) is 40.2. The van der Waals surface area contributed by atoms with Crippen molar-refractivity contribution in [3.8, 4) is 0 Å². The van der Waals surface area contributed by atoms with Crippen molar-refractivity contribution >= 4 is 52.2 Å². The van der Waals surface area contributed by atoms with Crippen molar-refractivity contribution in [3.05, 3.63) is 67.7 Å². The average Bonchev–Trinajstić information content (AvgIpc) is 2.86. The molecule has 0 N–H and O–H groups in total. The van der Waals surface area contributed by atoms with Crippen molar-refractivity contribution in [2.24, 2.45) is 5.16 Å². The Morgan fingerprint density at radius 1 is 1.26 bits per heavy atom. The summed E-state index contributed by atoms with van der Waals surface area (Å²) in [6.45, 7) is 1.21. The number of carbonyl (C=O) groups is 2. The number of oxime groups is 1. The Morgan fingerprint density at radius 3 is 2.63 bits per heavy atom. The van der Waals surface area contributed by atoms with Crippen LogP contribution in [-0.2, 0) is 21.0 Å². The van der Waals surface area contributed by atoms with Gasteiger partial charge in [0, 0.05) is 34.7 Å². The van der Waals surface area contributed by atoms with E-state index in [0.717, 1.165) is 6.92 Å². The maximum atomic E-state index is 12.8. The number of halogens is 2. The zero-order valence-electron chi connectivity index (χ0n) is 13.8. The molecule has 8 nitrogen and oxygen atoms in total. The Bertz CT molecular complexity index is 1010. The van der Waals surface area contributed by atoms with Gasteiger partial charge in [-0.1, -0.05) is 34.4 Å². The van der Waals surface area contributed by atoms with Gasteiger partial charge in [0.05, 0.1) is 17.2 Å². The molecule has 0 radical (unpaired) electrons. The molecule has 10 heteroatoms. The van der Waals surface area contributed by atoms with E-state index < -0.39 is 16.8 Å². The number of hydrogen-bond acceptors (Lipinski definition) is 6. The normalized spacial score (nSPS) is 14.4. The molecule has 27 heavy (non-hydrogen) atoms. The maximum absolute atomic E-state index is 12.8. The van der Waals surface area contributed by atoms with Gasteiger partial charge >= 0.3 is 5.97 Å². The van der Waals surface area contributed by atoms with E-state index in [2.05, 4.69) is 9.99 Å². The van der Waals surface area contributed by atoms with Gasteiger partial charge in [0.15, 0.2) is 5.71 Å². The van der Waals surface area contributed by atoms with E-state index in [-0.39, 0.29) is 23.5 Å². The molecule has 138 valence electrons. The van der Waals surface area contributed by atoms with Crippen LogP contribution in [0.5, 0.6) is 0 Å². The summed E-state index contributed by atoms with van der Waals surface area (Å²) in [6.07, 6.45) is 0. The van der Waals surface area contributed by atoms with Gasteiger partial charge in [-0.25, -0.2) is 4.79 Å². The van der Waals surface area contributed by atoms with E-state index in [1.54, 1.807) is 18.2 Å². The van der Waals surface area contributed by atoms with Crippen molar-refractivity contribution in [3.63, 3.8) is 0 Å². The SMILES string of the molecule is CC(=O)O/N=C1\C(=O)N(Cc2ccc(Cl)cc2Cl)c2ccc([N+](=O)[O-])cc21. The number of amides is 1. The Labute approximate surface area is 163 Å². The number of fused-ring (bicyclic) bond motifs is 1. The van der Waals surface area contributed by atoms with Crippen LogP contribution < -0.4 is 4.90 Å². The summed E-state index contributed by atoms with van der Waals surface area (Å²) in [5.41, 5.74) is 0.785. The van der Waals surface area contributed by atoms with Gasteiger partial charge in [0.2, 0.25) is 0 Å². The van der Waals surface area contributed by atoms with E-state index in [9.17, 15) is 19.7 Å². The van der Waals surface area contributed by atoms with Gasteiger partial charge in [-0.15, -0.1) is 0 Å². The van der Waals surface area contributed by atoms with E-state index in [0.29, 0.717) is 21.3 Å². The maximum Gasteiger partial charge on any atom is 0.332 e. The largest absolute Gasteiger partial charge is 0.332 e. The van der Waals surface area contributed by atoms with Crippen LogP contribution in [0.3, 0.4) is 0 Å². The molecule has 0 saturated carbocycles. The average molecular weight is 408 g/mol. The van der Waals surface area contributed by atoms with E-state index in [1.165, 1.54) is 23.1 Å². The topological polar surface area (TPSA) is 102 Å². The molecule has 0 bridgehead atoms. The Kier molecular flexibility index (Phi) is 5.11. The fourth-order valence-corrected chi connectivity index (χ4v) is 3.06. The quantitative estimate of drug-likeness (QED) is 0.436. The van der Waals surface area contributed by atoms with Crippen molar-refractivity contribution in [2.75, 3.05) is 4.90 Å². The third-order valence-electron chi connectivity index (χ3n) is 3.79. The van der Waals surface area contributed by atoms with Gasteiger partial charge in [0.25, 0.3) is 11.6 Å². The van der Waals surface area contributed by atoms with Gasteiger partial charge in [-0.3, -0.25) is 14.9 Å². The first kappa shape index (κ1) is 18.8. The van der Waals surface area contributed by atoms with Crippen LogP contribution in [0.25, 0.3) is 0 Å². The van der Waals surface area contributed by atoms with Crippen molar-refractivity contribution in [1.29, 1.82) is 0 Å². The van der Waals surface area contributed by atoms with E-state index >= 15 is 0 Å². The highest BCUT2D eigenvalue weighted by Crippen LogP contribution is 2.35. The second-order valence-corrected chi connectivity index (χ2v) is 6.45. The minimum Gasteiger partial charge on any atom is -0.318 e. The Balaban J connectivity index is 2.06. The number of benzene rings is 2. The van der Waals surface area contributed by atoms with Crippen LogP contribution in [0.4, 0.5) is 11.4 Å². The highest BCUT2D eigenvalue weighted by Gasteiger charge is 2.36. The number of non-ortho nitro benzene ring substituents is 1. The van der Waals surface area contributed by atoms with Crippen molar-refractivity contribution in [1.82, 2.24) is 0 Å². The fraction of sp³-hybridized carbons (Fsp3) is 0.118. The van der Waals surface area contributed by atoms with Gasteiger partial charge in [-0.2, -0.15) is 0 Å². The number of nitro groups is 1. The smallest absolute Gasteiger partial charge is 0.318 e. The molecule has 0 saturated heterocycles. The van der Waals surface area contributed by atoms with Crippen molar-refractivity contribution < 1.29 is 19.3 Å². The molecule has 0 aliphatic carbocycles. The van der Waals surface area contributed by atoms with Crippen LogP contribution in [0, 0.1) is 10.1 Å². The first-order valence-electron chi connectivity index (χ1n) is 7.58. The molecule has 0 fully saturated rings. The lowest BCUT2D eigenvalue weighted by atomic mass is 10.1. The third-order valence-corrected chi connectivity index (χ3v) is 4.38. The molecular formula is C17H11Cl2N3O5. The van der Waals surface area contributed by atoms with Crippen molar-refractivity contribution in [2.45, 2.75) is 13.5 Å². The number of rotatable bonds is 4. The predicted octanol–water partition coefficient (Wildman–Crippen LogP) is 3.72. The number of hydrogen-bond donors (Lipinski definition) is 0. The minimum absolute atomic E-state index is 0.0821. The predicted molar refractivity (Wildman–Crippen MR) is 99.1 cm³/mol. The second kappa shape index (κ2) is 7.34. The summed E-state index contributed by atoms with van der Waals surface area (Å²) in [5, 5.41) is 15.4. The molecule has 2 aromatic carbocycles. The number of carbonyl (C=O) groups excluding carboxylic acids is 2. The number of anilines is 1. The summed E-state index contributed by atoms with van der Waals surface area (Å²) in [5.74, 6) is -1.29. The summed E-state index contributed by atoms with van der Waals surface area (Å²) in [6, 6.07) is 8.77. The zero-order valence-corrected chi connectivity index (χ0v) is 15.3. The Morgan fingerprint density at radius 2 is 2.00 bits per heavy atom. The highest BCUT2D eigenvalue weighted by atomic mass is 35.5. The number of nitrogens with zero attached hydrogens (tertiary/aromatic N) is 3. The highest BCUT2D eigenvalue weighted by molar-refractivity contribution is 6.54. The summed E-state index contributed by atoms with van der Waals surface area (Å²) < 4.78 is 0. The molecule has 0 aromatic heterocycles. The van der Waals surface area contributed by atoms with Crippen LogP contribution in [0.1, 0.15) is 18.1 Å². The zero-order chi connectivity index (χ0) is 19.7. The standard InChI is InChI=1S/C17H11Cl2N3O5/c1-9(23)27-20-16-13-7-12(22(25)26)4-5-15(13)21(17(16)24)8-10-2-3-11(18)6-14(10)19/h2-7H,8H2,1H3/b20-16-. The molecule has 1 aliphatic rings. The van der Waals surface area contributed by atoms with Crippen LogP contribution in [-0.4, -0.2) is 22.5 Å². The van der Waals surface area contributed by atoms with Crippen LogP contribution in [0.15, 0.2) is 41.6 Å². The van der Waals surface area contributed by atoms with E-state index in [4.69, 9.17) is 23.2 Å². The Hall–Kier alpha value is -2.97. The second-order valence-electron chi connectivity index (χ2n) is 5.61. The fourth-order valence-electron chi connectivity index (χ4n) is 2.59. The third kappa shape index (κ3) is 3.76. The first-order valence-corrected chi connectivity index (χ1v) is 8.33. The molecular weight excluding hydrogens is 397 g/mol. The first-order chi connectivity index (χ1) is 12.8. The molecule has 3 rings (SSSR count). The molecule has 0 unspecified atom stereocenters. The van der Waals surface area contributed by atoms with Gasteiger partial charge in [0.1, 0.15) is 0 Å². The lowest BCUT2D eigenvalue weighted by Crippen LogP contribution is -2.29. The lowest BCUT2D eigenvalue weighted by molar-refractivity contribution is -0.384. The minimum atomic E-state index is -0.721. The van der Waals surface area contributed by atoms with Crippen LogP contribution in [0.2, 0.25) is 10.0 Å². The monoisotopic (exact) mass is 407 g/mol. The van der Waals surface area contributed by atoms with Gasteiger partial charge < -0.3 is 9.74 Å². The lowest BCUT2D eigenvalue weighted by Gasteiger charge is -2.17. The van der Waals surface area contributed by atoms with E-state index in [1.807, 2.05) is 0 Å². The molecule has 1 amide bonds.